The Balaban J connectivity index is 5.05. The number of phosphoric ester groups is 1. The lowest BCUT2D eigenvalue weighted by atomic mass is 10.0. The molecule has 0 aliphatic heterocycles. The van der Waals surface area contributed by atoms with E-state index in [-0.39, 0.29) is 31.5 Å². The Morgan fingerprint density at radius 2 is 0.763 bits per heavy atom. The molecular weight excluding hydrogens is 964 g/mol. The molecule has 1 N–H and O–H groups in total. The molecule has 0 aliphatic rings. The van der Waals surface area contributed by atoms with Gasteiger partial charge in [0.05, 0.1) is 33.8 Å². The highest BCUT2D eigenvalue weighted by atomic mass is 31.2. The van der Waals surface area contributed by atoms with Crippen LogP contribution in [-0.2, 0) is 27.9 Å². The maximum absolute atomic E-state index is 13.5. The van der Waals surface area contributed by atoms with Crippen molar-refractivity contribution in [2.24, 2.45) is 0 Å². The van der Waals surface area contributed by atoms with Crippen LogP contribution in [0.25, 0.3) is 0 Å². The van der Waals surface area contributed by atoms with E-state index < -0.39 is 20.0 Å². The second kappa shape index (κ2) is 56.5. The molecule has 3 atom stereocenters. The fraction of sp³-hybridized carbons (Fsp3) is 0.879. The number of nitrogens with zero attached hydrogens (tertiary/aromatic N) is 1. The summed E-state index contributed by atoms with van der Waals surface area (Å²) in [5, 5.41) is 3.03. The number of esters is 1. The Kier molecular flexibility index (Phi) is 55.2. The van der Waals surface area contributed by atoms with E-state index in [1.807, 2.05) is 33.3 Å². The average Bonchev–Trinajstić information content (AvgIpc) is 3.38. The molecule has 0 aromatic heterocycles. The summed E-state index contributed by atoms with van der Waals surface area (Å²) >= 11 is 0. The van der Waals surface area contributed by atoms with Crippen LogP contribution in [0.3, 0.4) is 0 Å². The van der Waals surface area contributed by atoms with Gasteiger partial charge in [-0.15, -0.1) is 0 Å². The lowest BCUT2D eigenvalue weighted by Crippen LogP contribution is -2.47. The predicted octanol–water partition coefficient (Wildman–Crippen LogP) is 19.7. The largest absolute Gasteiger partial charge is 0.756 e. The predicted molar refractivity (Wildman–Crippen MR) is 326 cm³/mol. The van der Waals surface area contributed by atoms with Crippen LogP contribution in [0.1, 0.15) is 323 Å². The van der Waals surface area contributed by atoms with Crippen LogP contribution in [0.4, 0.5) is 0 Å². The minimum atomic E-state index is -4.70. The third-order valence-electron chi connectivity index (χ3n) is 14.8. The third-order valence-corrected chi connectivity index (χ3v) is 15.8. The molecule has 0 spiro atoms. The number of ether oxygens (including phenoxy) is 1. The molecule has 0 aliphatic carbocycles. The molecule has 0 aromatic carbocycles. The molecule has 9 nitrogen and oxygen atoms in total. The normalized spacial score (nSPS) is 13.8. The number of carbonyl (C=O) groups is 2. The standard InChI is InChI=1S/C66H127N2O7P/c1-7-10-13-16-19-22-25-28-29-30-31-32-33-34-35-36-37-38-39-41-43-46-49-52-55-58-65(69)67-63(62-74-76(71,72)73-61-60-68(4,5)6)64(57-54-51-48-45-42-27-24-21-18-15-12-9-3)75-66(70)59-56-53-50-47-44-40-26-23-20-17-14-11-8-2/h28-29,40,44,54,57,63-64H,7-27,30-39,41-43,45-53,55-56,58-62H2,1-6H3,(H-,67,69,71,72)/b29-28+,44-40-,57-54-. The van der Waals surface area contributed by atoms with Crippen molar-refractivity contribution in [1.29, 1.82) is 0 Å². The van der Waals surface area contributed by atoms with Crippen LogP contribution >= 0.6 is 7.82 Å². The van der Waals surface area contributed by atoms with Crippen molar-refractivity contribution >= 4 is 19.7 Å². The number of quaternary nitrogens is 1. The molecule has 0 fully saturated rings. The van der Waals surface area contributed by atoms with E-state index in [9.17, 15) is 19.0 Å². The van der Waals surface area contributed by atoms with Crippen LogP contribution in [-0.4, -0.2) is 69.4 Å². The molecule has 10 heteroatoms. The van der Waals surface area contributed by atoms with Crippen molar-refractivity contribution in [1.82, 2.24) is 5.32 Å². The molecule has 448 valence electrons. The van der Waals surface area contributed by atoms with E-state index in [0.29, 0.717) is 23.9 Å². The zero-order valence-electron chi connectivity index (χ0n) is 51.2. The number of rotatable bonds is 60. The number of allylic oxidation sites excluding steroid dienone is 5. The molecular formula is C66H127N2O7P. The topological polar surface area (TPSA) is 114 Å². The van der Waals surface area contributed by atoms with Gasteiger partial charge in [0.1, 0.15) is 19.3 Å². The first-order valence-corrected chi connectivity index (χ1v) is 34.3. The third kappa shape index (κ3) is 56.9. The number of likely N-dealkylation sites (N-methyl/N-ethyl adjacent to an activating group) is 1. The van der Waals surface area contributed by atoms with Crippen LogP contribution < -0.4 is 10.2 Å². The SMILES string of the molecule is CCCCCCCC/C=C\CCCCCC(=O)OC(/C=C\CCCCCCCCCCCC)C(COP(=O)([O-])OCC[N+](C)(C)C)NC(=O)CCCCCCCCCCCCCCCCC/C=C/CCCCCCCC. The molecule has 0 aromatic rings. The monoisotopic (exact) mass is 1090 g/mol. The zero-order valence-corrected chi connectivity index (χ0v) is 52.1. The van der Waals surface area contributed by atoms with Gasteiger partial charge in [0, 0.05) is 12.8 Å². The van der Waals surface area contributed by atoms with Gasteiger partial charge in [-0.25, -0.2) is 0 Å². The summed E-state index contributed by atoms with van der Waals surface area (Å²) in [7, 11) is 1.19. The smallest absolute Gasteiger partial charge is 0.306 e. The maximum Gasteiger partial charge on any atom is 0.306 e. The summed E-state index contributed by atoms with van der Waals surface area (Å²) in [6, 6.07) is -0.890. The first-order chi connectivity index (χ1) is 36.9. The summed E-state index contributed by atoms with van der Waals surface area (Å²) < 4.78 is 30.3. The molecule has 0 radical (unpaired) electrons. The van der Waals surface area contributed by atoms with E-state index in [1.165, 1.54) is 218 Å². The van der Waals surface area contributed by atoms with E-state index in [2.05, 4.69) is 50.4 Å². The molecule has 76 heavy (non-hydrogen) atoms. The maximum atomic E-state index is 13.5. The fourth-order valence-electron chi connectivity index (χ4n) is 9.69. The lowest BCUT2D eigenvalue weighted by Gasteiger charge is -2.30. The number of carbonyl (C=O) groups excluding carboxylic acids is 2. The molecule has 0 saturated heterocycles. The highest BCUT2D eigenvalue weighted by molar-refractivity contribution is 7.45. The average molecular weight is 1090 g/mol. The summed E-state index contributed by atoms with van der Waals surface area (Å²) in [6.07, 6.45) is 68.4. The van der Waals surface area contributed by atoms with Gasteiger partial charge in [-0.2, -0.15) is 0 Å². The molecule has 0 heterocycles. The van der Waals surface area contributed by atoms with Crippen molar-refractivity contribution in [3.05, 3.63) is 36.5 Å². The van der Waals surface area contributed by atoms with Gasteiger partial charge in [0.15, 0.2) is 0 Å². The quantitative estimate of drug-likeness (QED) is 0.0212. The van der Waals surface area contributed by atoms with Crippen LogP contribution in [0.2, 0.25) is 0 Å². The Hall–Kier alpha value is -1.77. The lowest BCUT2D eigenvalue weighted by molar-refractivity contribution is -0.870. The highest BCUT2D eigenvalue weighted by Crippen LogP contribution is 2.38. The van der Waals surface area contributed by atoms with Gasteiger partial charge in [-0.3, -0.25) is 14.2 Å². The zero-order chi connectivity index (χ0) is 55.7. The first-order valence-electron chi connectivity index (χ1n) is 32.8. The number of hydrogen-bond acceptors (Lipinski definition) is 7. The second-order valence-corrected chi connectivity index (χ2v) is 25.0. The minimum absolute atomic E-state index is 0.0223. The molecule has 3 unspecified atom stereocenters. The van der Waals surface area contributed by atoms with Crippen molar-refractivity contribution < 1.29 is 37.3 Å². The van der Waals surface area contributed by atoms with Crippen molar-refractivity contribution in [2.45, 2.75) is 335 Å². The van der Waals surface area contributed by atoms with Crippen LogP contribution in [0.15, 0.2) is 36.5 Å². The van der Waals surface area contributed by atoms with Crippen LogP contribution in [0, 0.1) is 0 Å². The van der Waals surface area contributed by atoms with E-state index >= 15 is 0 Å². The van der Waals surface area contributed by atoms with E-state index in [0.717, 1.165) is 64.2 Å². The fourth-order valence-corrected chi connectivity index (χ4v) is 10.4. The highest BCUT2D eigenvalue weighted by Gasteiger charge is 2.27. The van der Waals surface area contributed by atoms with Gasteiger partial charge >= 0.3 is 5.97 Å². The van der Waals surface area contributed by atoms with Gasteiger partial charge in [0.2, 0.25) is 5.91 Å². The van der Waals surface area contributed by atoms with Crippen LogP contribution in [0.5, 0.6) is 0 Å². The number of phosphoric acid groups is 1. The molecule has 0 saturated carbocycles. The number of nitrogens with one attached hydrogen (secondary N) is 1. The van der Waals surface area contributed by atoms with Gasteiger partial charge in [-0.05, 0) is 83.1 Å². The number of amides is 1. The molecule has 0 rings (SSSR count). The van der Waals surface area contributed by atoms with E-state index in [4.69, 9.17) is 13.8 Å². The Labute approximate surface area is 472 Å². The van der Waals surface area contributed by atoms with Gasteiger partial charge < -0.3 is 28.5 Å². The summed E-state index contributed by atoms with van der Waals surface area (Å²) in [4.78, 5) is 40.0. The summed E-state index contributed by atoms with van der Waals surface area (Å²) in [5.41, 5.74) is 0. The molecule has 1 amide bonds. The Morgan fingerprint density at radius 1 is 0.447 bits per heavy atom. The first kappa shape index (κ1) is 74.2. The van der Waals surface area contributed by atoms with Crippen molar-refractivity contribution in [2.75, 3.05) is 40.9 Å². The number of hydrogen-bond donors (Lipinski definition) is 1. The van der Waals surface area contributed by atoms with Gasteiger partial charge in [-0.1, -0.05) is 263 Å². The van der Waals surface area contributed by atoms with Crippen molar-refractivity contribution in [3.63, 3.8) is 0 Å². The Bertz CT molecular complexity index is 1400. The summed E-state index contributed by atoms with van der Waals surface area (Å²) in [6.45, 7) is 6.85. The van der Waals surface area contributed by atoms with E-state index in [1.54, 1.807) is 0 Å². The Morgan fingerprint density at radius 3 is 1.13 bits per heavy atom. The minimum Gasteiger partial charge on any atom is -0.756 e. The number of unbranched alkanes of at least 4 members (excludes halogenated alkanes) is 40. The van der Waals surface area contributed by atoms with Crippen molar-refractivity contribution in [3.8, 4) is 0 Å². The second-order valence-electron chi connectivity index (χ2n) is 23.6. The summed E-state index contributed by atoms with van der Waals surface area (Å²) in [5.74, 6) is -0.547. The van der Waals surface area contributed by atoms with Gasteiger partial charge in [0.25, 0.3) is 7.82 Å². The molecule has 0 bridgehead atoms.